The zero-order chi connectivity index (χ0) is 31.5. The van der Waals surface area contributed by atoms with Crippen LogP contribution in [0, 0.1) is 16.7 Å². The van der Waals surface area contributed by atoms with Crippen LogP contribution in [0.25, 0.3) is 0 Å². The fourth-order valence-electron chi connectivity index (χ4n) is 2.97. The summed E-state index contributed by atoms with van der Waals surface area (Å²) in [5.74, 6) is -3.74. The quantitative estimate of drug-likeness (QED) is 0.141. The van der Waals surface area contributed by atoms with Gasteiger partial charge >= 0.3 is 35.8 Å². The second-order valence-corrected chi connectivity index (χ2v) is 10.1. The van der Waals surface area contributed by atoms with Gasteiger partial charge < -0.3 is 33.2 Å². The van der Waals surface area contributed by atoms with Gasteiger partial charge in [-0.25, -0.2) is 0 Å². The predicted octanol–water partition coefficient (Wildman–Crippen LogP) is 2.55. The van der Waals surface area contributed by atoms with Gasteiger partial charge in [0.1, 0.15) is 39.6 Å². The molecular formula is C28H46O13. The molecule has 0 fully saturated rings. The van der Waals surface area contributed by atoms with Crippen molar-refractivity contribution < 1.29 is 61.9 Å². The summed E-state index contributed by atoms with van der Waals surface area (Å²) in [5.41, 5.74) is -2.62. The maximum atomic E-state index is 12.3. The van der Waals surface area contributed by atoms with Crippen molar-refractivity contribution in [2.45, 2.75) is 74.1 Å². The molecule has 0 rings (SSSR count). The largest absolute Gasteiger partial charge is 0.465 e. The first-order valence-electron chi connectivity index (χ1n) is 13.8. The Kier molecular flexibility index (Phi) is 18.2. The maximum Gasteiger partial charge on any atom is 0.308 e. The first-order chi connectivity index (χ1) is 19.3. The van der Waals surface area contributed by atoms with E-state index in [0.29, 0.717) is 0 Å². The summed E-state index contributed by atoms with van der Waals surface area (Å²) in [6, 6.07) is 0. The molecule has 13 nitrogen and oxygen atoms in total. The van der Waals surface area contributed by atoms with Crippen LogP contribution >= 0.6 is 0 Å². The Bertz CT molecular complexity index is 825. The summed E-state index contributed by atoms with van der Waals surface area (Å²) in [6.07, 6.45) is 0.313. The van der Waals surface area contributed by atoms with Crippen molar-refractivity contribution in [3.63, 3.8) is 0 Å². The van der Waals surface area contributed by atoms with Gasteiger partial charge in [-0.2, -0.15) is 0 Å². The fourth-order valence-corrected chi connectivity index (χ4v) is 2.97. The first-order valence-corrected chi connectivity index (χ1v) is 13.8. The molecule has 0 aliphatic heterocycles. The van der Waals surface area contributed by atoms with E-state index in [0.717, 1.165) is 0 Å². The summed E-state index contributed by atoms with van der Waals surface area (Å²) >= 11 is 0. The van der Waals surface area contributed by atoms with Crippen LogP contribution in [0.2, 0.25) is 0 Å². The van der Waals surface area contributed by atoms with Crippen molar-refractivity contribution in [3.05, 3.63) is 0 Å². The van der Waals surface area contributed by atoms with Crippen molar-refractivity contribution in [1.82, 2.24) is 0 Å². The molecule has 0 saturated heterocycles. The van der Waals surface area contributed by atoms with Gasteiger partial charge in [0.15, 0.2) is 0 Å². The molecule has 13 heteroatoms. The second kappa shape index (κ2) is 19.8. The van der Waals surface area contributed by atoms with Gasteiger partial charge in [0.05, 0.1) is 30.0 Å². The van der Waals surface area contributed by atoms with Crippen LogP contribution in [0.1, 0.15) is 74.1 Å². The van der Waals surface area contributed by atoms with E-state index in [-0.39, 0.29) is 78.5 Å². The van der Waals surface area contributed by atoms with Crippen LogP contribution < -0.4 is 0 Å². The third-order valence-corrected chi connectivity index (χ3v) is 5.70. The van der Waals surface area contributed by atoms with Crippen LogP contribution in [-0.2, 0) is 61.9 Å². The first kappa shape index (κ1) is 37.8. The van der Waals surface area contributed by atoms with E-state index >= 15 is 0 Å². The van der Waals surface area contributed by atoms with E-state index in [1.807, 2.05) is 0 Å². The monoisotopic (exact) mass is 590 g/mol. The van der Waals surface area contributed by atoms with E-state index in [9.17, 15) is 28.8 Å². The Hall–Kier alpha value is -3.22. The summed E-state index contributed by atoms with van der Waals surface area (Å²) in [7, 11) is 0. The average molecular weight is 591 g/mol. The van der Waals surface area contributed by atoms with Gasteiger partial charge in [0.2, 0.25) is 0 Å². The highest BCUT2D eigenvalue weighted by Gasteiger charge is 2.40. The Labute approximate surface area is 241 Å². The van der Waals surface area contributed by atoms with Crippen molar-refractivity contribution in [2.75, 3.05) is 52.9 Å². The summed E-state index contributed by atoms with van der Waals surface area (Å²) in [6.45, 7) is 8.50. The van der Waals surface area contributed by atoms with Crippen molar-refractivity contribution in [3.8, 4) is 0 Å². The Morgan fingerprint density at radius 2 is 0.780 bits per heavy atom. The van der Waals surface area contributed by atoms with Crippen molar-refractivity contribution in [1.29, 1.82) is 0 Å². The molecule has 0 spiro atoms. The molecule has 0 aliphatic rings. The zero-order valence-electron chi connectivity index (χ0n) is 25.4. The van der Waals surface area contributed by atoms with Crippen LogP contribution in [0.4, 0.5) is 0 Å². The van der Waals surface area contributed by atoms with Gasteiger partial charge in [0.25, 0.3) is 0 Å². The topological polar surface area (TPSA) is 167 Å². The molecule has 0 unspecified atom stereocenters. The Morgan fingerprint density at radius 1 is 0.488 bits per heavy atom. The third-order valence-electron chi connectivity index (χ3n) is 5.70. The highest BCUT2D eigenvalue weighted by Crippen LogP contribution is 2.26. The molecule has 0 radical (unpaired) electrons. The lowest BCUT2D eigenvalue weighted by Gasteiger charge is -2.35. The number of ether oxygens (including phenoxy) is 7. The third kappa shape index (κ3) is 16.0. The molecule has 236 valence electrons. The van der Waals surface area contributed by atoms with Crippen molar-refractivity contribution >= 4 is 35.8 Å². The van der Waals surface area contributed by atoms with Gasteiger partial charge in [-0.05, 0) is 0 Å². The molecule has 0 amide bonds. The molecule has 0 N–H and O–H groups in total. The Morgan fingerprint density at radius 3 is 1.05 bits per heavy atom. The number of hydrogen-bond acceptors (Lipinski definition) is 13. The molecule has 0 bridgehead atoms. The molecule has 0 aromatic carbocycles. The van der Waals surface area contributed by atoms with E-state index in [2.05, 4.69) is 0 Å². The Balaban J connectivity index is 6.22. The number of carbonyl (C=O) groups excluding carboxylic acids is 6. The van der Waals surface area contributed by atoms with Crippen LogP contribution in [0.15, 0.2) is 0 Å². The lowest BCUT2D eigenvalue weighted by atomic mass is 9.90. The molecular weight excluding hydrogens is 544 g/mol. The van der Waals surface area contributed by atoms with Gasteiger partial charge in [-0.15, -0.1) is 0 Å². The number of hydrogen-bond donors (Lipinski definition) is 0. The molecule has 0 heterocycles. The molecule has 41 heavy (non-hydrogen) atoms. The van der Waals surface area contributed by atoms with E-state index < -0.39 is 52.6 Å². The minimum absolute atomic E-state index is 0.0779. The van der Waals surface area contributed by atoms with E-state index in [1.54, 1.807) is 41.5 Å². The smallest absolute Gasteiger partial charge is 0.308 e. The predicted molar refractivity (Wildman–Crippen MR) is 143 cm³/mol. The molecule has 0 aliphatic carbocycles. The van der Waals surface area contributed by atoms with E-state index in [4.69, 9.17) is 33.2 Å². The highest BCUT2D eigenvalue weighted by molar-refractivity contribution is 5.72. The molecule has 0 atom stereocenters. The van der Waals surface area contributed by atoms with E-state index in [1.165, 1.54) is 6.92 Å². The molecule has 0 aromatic rings. The van der Waals surface area contributed by atoms with Crippen LogP contribution in [-0.4, -0.2) is 88.7 Å². The van der Waals surface area contributed by atoms with Crippen LogP contribution in [0.3, 0.4) is 0 Å². The molecule has 0 saturated carbocycles. The summed E-state index contributed by atoms with van der Waals surface area (Å²) < 4.78 is 38.0. The summed E-state index contributed by atoms with van der Waals surface area (Å²) in [5, 5.41) is 0. The average Bonchev–Trinajstić information content (AvgIpc) is 2.96. The normalized spacial score (nSPS) is 11.4. The minimum Gasteiger partial charge on any atom is -0.465 e. The highest BCUT2D eigenvalue weighted by atomic mass is 16.6. The number of rotatable bonds is 21. The van der Waals surface area contributed by atoms with Gasteiger partial charge in [-0.3, -0.25) is 28.8 Å². The minimum atomic E-state index is -1.31. The van der Waals surface area contributed by atoms with Gasteiger partial charge in [-0.1, -0.05) is 41.5 Å². The van der Waals surface area contributed by atoms with Crippen LogP contribution in [0.5, 0.6) is 0 Å². The maximum absolute atomic E-state index is 12.3. The summed E-state index contributed by atoms with van der Waals surface area (Å²) in [4.78, 5) is 71.9. The fraction of sp³-hybridized carbons (Fsp3) is 0.786. The van der Waals surface area contributed by atoms with Gasteiger partial charge in [0, 0.05) is 32.6 Å². The van der Waals surface area contributed by atoms with Crippen molar-refractivity contribution in [2.24, 2.45) is 16.7 Å². The SMILES string of the molecule is CCC(=O)OCC(COCC(COC(=O)CC)(COC(=O)CC)COC(=O)C(C)C)(COC(C)=O)COC(=O)CC. The number of esters is 6. The lowest BCUT2D eigenvalue weighted by molar-refractivity contribution is -0.175. The lowest BCUT2D eigenvalue weighted by Crippen LogP contribution is -2.47. The zero-order valence-corrected chi connectivity index (χ0v) is 25.4. The standard InChI is InChI=1S/C28H46O13/c1-8-22(30)37-15-27(14-36-21(7)29,16-38-23(31)9-2)12-35-13-28(17-39-24(32)10-3,18-40-25(33)11-4)19-41-26(34)20(5)6/h20H,8-19H2,1-7H3. The second-order valence-electron chi connectivity index (χ2n) is 10.1. The number of carbonyl (C=O) groups is 6. The molecule has 0 aromatic heterocycles.